The molecule has 3 N–H and O–H groups in total. The van der Waals surface area contributed by atoms with Crippen LogP contribution in [0, 0.1) is 0 Å². The van der Waals surface area contributed by atoms with E-state index < -0.39 is 0 Å². The topological polar surface area (TPSA) is 112 Å². The van der Waals surface area contributed by atoms with Crippen LogP contribution in [-0.2, 0) is 6.61 Å². The summed E-state index contributed by atoms with van der Waals surface area (Å²) < 4.78 is 7.63. The van der Waals surface area contributed by atoms with Gasteiger partial charge in [0.1, 0.15) is 5.75 Å². The second-order valence-electron chi connectivity index (χ2n) is 7.24. The average Bonchev–Trinajstić information content (AvgIpc) is 3.24. The van der Waals surface area contributed by atoms with Crippen LogP contribution in [0.5, 0.6) is 5.75 Å². The third-order valence-corrected chi connectivity index (χ3v) is 5.04. The lowest BCUT2D eigenvalue weighted by atomic mass is 10.1. The zero-order valence-electron chi connectivity index (χ0n) is 17.7. The Morgan fingerprint density at radius 1 is 1.16 bits per heavy atom. The quantitative estimate of drug-likeness (QED) is 0.450. The molecule has 3 heterocycles. The number of hydrogen-bond donors (Lipinski definition) is 2. The van der Waals surface area contributed by atoms with E-state index in [1.54, 1.807) is 23.1 Å². The summed E-state index contributed by atoms with van der Waals surface area (Å²) in [7, 11) is 0. The Labute approximate surface area is 180 Å². The molecule has 4 aromatic rings. The van der Waals surface area contributed by atoms with Crippen LogP contribution in [0.25, 0.3) is 28.1 Å². The van der Waals surface area contributed by atoms with Crippen LogP contribution in [0.15, 0.2) is 48.8 Å². The molecule has 1 atom stereocenters. The highest BCUT2D eigenvalue weighted by atomic mass is 16.5. The Balaban J connectivity index is 1.86. The maximum Gasteiger partial charge on any atom is 0.159 e. The summed E-state index contributed by atoms with van der Waals surface area (Å²) in [5, 5.41) is 14.8. The van der Waals surface area contributed by atoms with Crippen molar-refractivity contribution in [3.63, 3.8) is 0 Å². The Bertz CT molecular complexity index is 1190. The largest absolute Gasteiger partial charge is 0.493 e. The zero-order valence-corrected chi connectivity index (χ0v) is 17.7. The molecule has 0 saturated carbocycles. The van der Waals surface area contributed by atoms with Crippen molar-refractivity contribution in [1.82, 2.24) is 24.7 Å². The van der Waals surface area contributed by atoms with Crippen LogP contribution >= 0.6 is 0 Å². The van der Waals surface area contributed by atoms with Gasteiger partial charge < -0.3 is 15.6 Å². The molecule has 0 bridgehead atoms. The zero-order chi connectivity index (χ0) is 21.8. The van der Waals surface area contributed by atoms with E-state index in [0.29, 0.717) is 29.7 Å². The Morgan fingerprint density at radius 3 is 2.81 bits per heavy atom. The molecule has 0 aliphatic carbocycles. The highest BCUT2D eigenvalue weighted by Gasteiger charge is 2.16. The molecule has 31 heavy (non-hydrogen) atoms. The maximum absolute atomic E-state index is 9.45. The normalized spacial score (nSPS) is 12.3. The number of rotatable bonds is 8. The van der Waals surface area contributed by atoms with Gasteiger partial charge in [-0.3, -0.25) is 0 Å². The van der Waals surface area contributed by atoms with Gasteiger partial charge in [-0.1, -0.05) is 19.4 Å². The predicted molar refractivity (Wildman–Crippen MR) is 119 cm³/mol. The van der Waals surface area contributed by atoms with Gasteiger partial charge in [-0.15, -0.1) is 0 Å². The number of aliphatic hydroxyl groups excluding tert-OH is 1. The summed E-state index contributed by atoms with van der Waals surface area (Å²) in [5.74, 6) is 1.89. The van der Waals surface area contributed by atoms with E-state index in [1.165, 1.54) is 0 Å². The van der Waals surface area contributed by atoms with E-state index in [9.17, 15) is 5.11 Å². The SMILES string of the molecule is CCCC(N)c1ccnc(-c2cc(OCC)c3cnn(-c4cccc(CO)n4)c3c2)n1. The van der Waals surface area contributed by atoms with Gasteiger partial charge in [-0.05, 0) is 43.7 Å². The fourth-order valence-corrected chi connectivity index (χ4v) is 3.53. The molecule has 0 fully saturated rings. The first-order valence-electron chi connectivity index (χ1n) is 10.4. The van der Waals surface area contributed by atoms with Crippen molar-refractivity contribution >= 4 is 10.9 Å². The first-order valence-corrected chi connectivity index (χ1v) is 10.4. The van der Waals surface area contributed by atoms with Crippen molar-refractivity contribution in [2.24, 2.45) is 5.73 Å². The smallest absolute Gasteiger partial charge is 0.159 e. The maximum atomic E-state index is 9.45. The third kappa shape index (κ3) is 4.26. The van der Waals surface area contributed by atoms with Crippen molar-refractivity contribution in [3.05, 3.63) is 60.2 Å². The van der Waals surface area contributed by atoms with E-state index >= 15 is 0 Å². The van der Waals surface area contributed by atoms with Gasteiger partial charge in [0.2, 0.25) is 0 Å². The van der Waals surface area contributed by atoms with Crippen LogP contribution in [0.1, 0.15) is 44.1 Å². The number of nitrogens with two attached hydrogens (primary N) is 1. The summed E-state index contributed by atoms with van der Waals surface area (Å²) in [6, 6.07) is 11.1. The lowest BCUT2D eigenvalue weighted by molar-refractivity contribution is 0.276. The molecule has 8 heteroatoms. The highest BCUT2D eigenvalue weighted by molar-refractivity contribution is 5.90. The monoisotopic (exact) mass is 418 g/mol. The Kier molecular flexibility index (Phi) is 6.20. The molecule has 0 saturated heterocycles. The molecule has 1 aromatic carbocycles. The van der Waals surface area contributed by atoms with Crippen molar-refractivity contribution in [1.29, 1.82) is 0 Å². The predicted octanol–water partition coefficient (Wildman–Crippen LogP) is 3.57. The van der Waals surface area contributed by atoms with Crippen LogP contribution in [0.2, 0.25) is 0 Å². The number of benzene rings is 1. The molecular formula is C23H26N6O2. The molecule has 4 rings (SSSR count). The number of pyridine rings is 1. The fraction of sp³-hybridized carbons (Fsp3) is 0.304. The van der Waals surface area contributed by atoms with E-state index in [2.05, 4.69) is 22.0 Å². The third-order valence-electron chi connectivity index (χ3n) is 5.04. The Hall–Kier alpha value is -3.36. The van der Waals surface area contributed by atoms with E-state index in [-0.39, 0.29) is 12.6 Å². The average molecular weight is 419 g/mol. The number of hydrogen-bond acceptors (Lipinski definition) is 7. The van der Waals surface area contributed by atoms with Crippen LogP contribution < -0.4 is 10.5 Å². The van der Waals surface area contributed by atoms with Gasteiger partial charge in [0.25, 0.3) is 0 Å². The van der Waals surface area contributed by atoms with E-state index in [1.807, 2.05) is 37.3 Å². The van der Waals surface area contributed by atoms with Gasteiger partial charge >= 0.3 is 0 Å². The van der Waals surface area contributed by atoms with Gasteiger partial charge in [-0.25, -0.2) is 19.6 Å². The summed E-state index contributed by atoms with van der Waals surface area (Å²) in [6.07, 6.45) is 5.34. The minimum absolute atomic E-state index is 0.127. The molecule has 3 aromatic heterocycles. The van der Waals surface area contributed by atoms with Crippen LogP contribution in [0.4, 0.5) is 0 Å². The summed E-state index contributed by atoms with van der Waals surface area (Å²) in [4.78, 5) is 13.7. The molecule has 0 spiro atoms. The number of nitrogens with zero attached hydrogens (tertiary/aromatic N) is 5. The molecule has 0 amide bonds. The van der Waals surface area contributed by atoms with Crippen molar-refractivity contribution in [2.45, 2.75) is 39.3 Å². The second-order valence-corrected chi connectivity index (χ2v) is 7.24. The molecule has 160 valence electrons. The van der Waals surface area contributed by atoms with E-state index in [4.69, 9.17) is 15.5 Å². The summed E-state index contributed by atoms with van der Waals surface area (Å²) in [6.45, 7) is 4.42. The Morgan fingerprint density at radius 2 is 2.03 bits per heavy atom. The standard InChI is InChI=1S/C23H26N6O2/c1-3-6-18(24)19-9-10-25-23(28-19)15-11-20-17(21(12-15)31-4-2)13-26-29(20)22-8-5-7-16(14-30)27-22/h5,7-13,18,30H,3-4,6,14,24H2,1-2H3. The molecule has 0 radical (unpaired) electrons. The van der Waals surface area contributed by atoms with Crippen LogP contribution in [0.3, 0.4) is 0 Å². The number of fused-ring (bicyclic) bond motifs is 1. The molecule has 0 aliphatic rings. The molecule has 8 nitrogen and oxygen atoms in total. The first-order chi connectivity index (χ1) is 15.1. The molecule has 1 unspecified atom stereocenters. The van der Waals surface area contributed by atoms with Gasteiger partial charge in [-0.2, -0.15) is 5.10 Å². The van der Waals surface area contributed by atoms with Crippen molar-refractivity contribution in [3.8, 4) is 23.0 Å². The number of aliphatic hydroxyl groups is 1. The molecular weight excluding hydrogens is 392 g/mol. The van der Waals surface area contributed by atoms with Crippen LogP contribution in [-0.4, -0.2) is 36.4 Å². The van der Waals surface area contributed by atoms with E-state index in [0.717, 1.165) is 35.0 Å². The number of ether oxygens (including phenoxy) is 1. The molecule has 0 aliphatic heterocycles. The van der Waals surface area contributed by atoms with Gasteiger partial charge in [0.05, 0.1) is 41.7 Å². The van der Waals surface area contributed by atoms with Gasteiger partial charge in [0.15, 0.2) is 11.6 Å². The first kappa shape index (κ1) is 20.9. The van der Waals surface area contributed by atoms with Gasteiger partial charge in [0, 0.05) is 17.8 Å². The minimum Gasteiger partial charge on any atom is -0.493 e. The second kappa shape index (κ2) is 9.20. The summed E-state index contributed by atoms with van der Waals surface area (Å²) >= 11 is 0. The number of aromatic nitrogens is 5. The summed E-state index contributed by atoms with van der Waals surface area (Å²) in [5.41, 5.74) is 9.28. The van der Waals surface area contributed by atoms with Crippen molar-refractivity contribution < 1.29 is 9.84 Å². The highest BCUT2D eigenvalue weighted by Crippen LogP contribution is 2.33. The fourth-order valence-electron chi connectivity index (χ4n) is 3.53. The lowest BCUT2D eigenvalue weighted by Gasteiger charge is -2.12. The lowest BCUT2D eigenvalue weighted by Crippen LogP contribution is -2.12. The van der Waals surface area contributed by atoms with Crippen molar-refractivity contribution in [2.75, 3.05) is 6.61 Å². The minimum atomic E-state index is -0.138.